The summed E-state index contributed by atoms with van der Waals surface area (Å²) in [6.45, 7) is 1.31. The quantitative estimate of drug-likeness (QED) is 0.518. The predicted octanol–water partition coefficient (Wildman–Crippen LogP) is 3.36. The van der Waals surface area contributed by atoms with Crippen LogP contribution in [0.1, 0.15) is 5.56 Å². The van der Waals surface area contributed by atoms with Gasteiger partial charge in [0, 0.05) is 18.8 Å². The van der Waals surface area contributed by atoms with Crippen molar-refractivity contribution in [2.75, 3.05) is 44.8 Å². The van der Waals surface area contributed by atoms with Gasteiger partial charge in [0.25, 0.3) is 17.1 Å². The Morgan fingerprint density at radius 1 is 1.11 bits per heavy atom. The Hall–Kier alpha value is -3.15. The summed E-state index contributed by atoms with van der Waals surface area (Å²) >= 11 is 4.21. The minimum Gasteiger partial charge on any atom is -0.483 e. The molecule has 0 radical (unpaired) electrons. The number of amides is 4. The van der Waals surface area contributed by atoms with Gasteiger partial charge in [-0.3, -0.25) is 24.1 Å². The summed E-state index contributed by atoms with van der Waals surface area (Å²) in [6.07, 6.45) is 1.58. The molecule has 0 aliphatic carbocycles. The molecule has 0 atom stereocenters. The average Bonchev–Trinajstić information content (AvgIpc) is 3.12. The van der Waals surface area contributed by atoms with Crippen molar-refractivity contribution in [1.29, 1.82) is 0 Å². The third kappa shape index (κ3) is 6.50. The van der Waals surface area contributed by atoms with E-state index in [2.05, 4.69) is 21.2 Å². The van der Waals surface area contributed by atoms with Crippen molar-refractivity contribution in [2.45, 2.75) is 0 Å². The lowest BCUT2D eigenvalue weighted by atomic mass is 10.2. The van der Waals surface area contributed by atoms with Gasteiger partial charge in [0.15, 0.2) is 6.61 Å². The van der Waals surface area contributed by atoms with E-state index in [1.165, 1.54) is 0 Å². The second-order valence-corrected chi connectivity index (χ2v) is 9.50. The first-order chi connectivity index (χ1) is 16.9. The molecule has 2 aromatic carbocycles. The first-order valence-electron chi connectivity index (χ1n) is 10.8. The van der Waals surface area contributed by atoms with Crippen LogP contribution in [0.2, 0.25) is 0 Å². The Morgan fingerprint density at radius 2 is 1.86 bits per heavy atom. The smallest absolute Gasteiger partial charge is 0.294 e. The topological polar surface area (TPSA) is 105 Å². The maximum Gasteiger partial charge on any atom is 0.294 e. The number of benzene rings is 2. The molecule has 4 rings (SSSR count). The summed E-state index contributed by atoms with van der Waals surface area (Å²) in [5, 5.41) is 2.26. The molecule has 11 heteroatoms. The maximum atomic E-state index is 12.8. The van der Waals surface area contributed by atoms with Gasteiger partial charge in [-0.25, -0.2) is 0 Å². The molecule has 0 bridgehead atoms. The van der Waals surface area contributed by atoms with Crippen LogP contribution in [0, 0.1) is 0 Å². The van der Waals surface area contributed by atoms with Gasteiger partial charge in [-0.2, -0.15) is 0 Å². The molecular formula is C24H22BrN3O6S. The van der Waals surface area contributed by atoms with Crippen molar-refractivity contribution >= 4 is 62.4 Å². The van der Waals surface area contributed by atoms with Gasteiger partial charge >= 0.3 is 0 Å². The standard InChI is InChI=1S/C24H22BrN3O6S/c25-18-12-16(6-7-19(18)34-15-21(29)26-17-4-2-1-3-5-17)13-20-23(31)28(24(32)35-20)14-22(30)27-8-10-33-11-9-27/h1-7,12-13H,8-11,14-15H2,(H,26,29)/b20-13-. The highest BCUT2D eigenvalue weighted by atomic mass is 79.9. The Bertz CT molecular complexity index is 1170. The number of thioether (sulfide) groups is 1. The number of imide groups is 1. The van der Waals surface area contributed by atoms with E-state index in [-0.39, 0.29) is 29.9 Å². The minimum absolute atomic E-state index is 0.178. The van der Waals surface area contributed by atoms with Gasteiger partial charge < -0.3 is 19.7 Å². The number of halogens is 1. The summed E-state index contributed by atoms with van der Waals surface area (Å²) in [4.78, 5) is 52.5. The van der Waals surface area contributed by atoms with Gasteiger partial charge in [0.1, 0.15) is 12.3 Å². The second kappa shape index (κ2) is 11.5. The van der Waals surface area contributed by atoms with E-state index in [4.69, 9.17) is 9.47 Å². The number of nitrogens with one attached hydrogen (secondary N) is 1. The van der Waals surface area contributed by atoms with Crippen LogP contribution in [0.3, 0.4) is 0 Å². The number of ether oxygens (including phenoxy) is 2. The molecule has 2 aliphatic rings. The van der Waals surface area contributed by atoms with E-state index in [1.807, 2.05) is 18.2 Å². The highest BCUT2D eigenvalue weighted by Crippen LogP contribution is 2.34. The number of para-hydroxylation sites is 1. The molecule has 9 nitrogen and oxygen atoms in total. The summed E-state index contributed by atoms with van der Waals surface area (Å²) in [5.41, 5.74) is 1.33. The predicted molar refractivity (Wildman–Crippen MR) is 135 cm³/mol. The molecule has 182 valence electrons. The van der Waals surface area contributed by atoms with Gasteiger partial charge in [-0.1, -0.05) is 24.3 Å². The summed E-state index contributed by atoms with van der Waals surface area (Å²) in [5.74, 6) is -0.630. The highest BCUT2D eigenvalue weighted by Gasteiger charge is 2.37. The van der Waals surface area contributed by atoms with E-state index in [1.54, 1.807) is 41.3 Å². The van der Waals surface area contributed by atoms with Crippen molar-refractivity contribution < 1.29 is 28.7 Å². The Balaban J connectivity index is 1.35. The number of hydrogen-bond donors (Lipinski definition) is 1. The summed E-state index contributed by atoms with van der Waals surface area (Å²) in [6, 6.07) is 14.2. The Kier molecular flexibility index (Phi) is 8.21. The van der Waals surface area contributed by atoms with Crippen molar-refractivity contribution in [3.8, 4) is 5.75 Å². The van der Waals surface area contributed by atoms with Crippen LogP contribution in [0.5, 0.6) is 5.75 Å². The first kappa shape index (κ1) is 25.0. The number of hydrogen-bond acceptors (Lipinski definition) is 7. The van der Waals surface area contributed by atoms with Crippen LogP contribution >= 0.6 is 27.7 Å². The van der Waals surface area contributed by atoms with Crippen LogP contribution in [0.25, 0.3) is 6.08 Å². The normalized spacial score (nSPS) is 17.1. The number of morpholine rings is 1. The molecule has 4 amide bonds. The van der Waals surface area contributed by atoms with E-state index in [9.17, 15) is 19.2 Å². The second-order valence-electron chi connectivity index (χ2n) is 7.65. The van der Waals surface area contributed by atoms with Crippen LogP contribution in [-0.4, -0.2) is 72.2 Å². The van der Waals surface area contributed by atoms with E-state index >= 15 is 0 Å². The van der Waals surface area contributed by atoms with Crippen molar-refractivity contribution in [3.63, 3.8) is 0 Å². The lowest BCUT2D eigenvalue weighted by Gasteiger charge is -2.28. The van der Waals surface area contributed by atoms with Gasteiger partial charge in [0.05, 0.1) is 22.6 Å². The zero-order valence-electron chi connectivity index (χ0n) is 18.6. The molecule has 2 heterocycles. The number of rotatable bonds is 7. The number of anilines is 1. The molecule has 0 unspecified atom stereocenters. The fourth-order valence-corrected chi connectivity index (χ4v) is 4.77. The fraction of sp³-hybridized carbons (Fsp3) is 0.250. The fourth-order valence-electron chi connectivity index (χ4n) is 3.42. The highest BCUT2D eigenvalue weighted by molar-refractivity contribution is 9.10. The average molecular weight is 560 g/mol. The zero-order valence-corrected chi connectivity index (χ0v) is 21.0. The molecule has 2 aromatic rings. The zero-order chi connectivity index (χ0) is 24.8. The molecule has 2 saturated heterocycles. The Labute approximate surface area is 214 Å². The summed E-state index contributed by atoms with van der Waals surface area (Å²) < 4.78 is 11.4. The van der Waals surface area contributed by atoms with Crippen LogP contribution in [-0.2, 0) is 19.1 Å². The molecule has 0 saturated carbocycles. The lowest BCUT2D eigenvalue weighted by Crippen LogP contribution is -2.46. The number of carbonyl (C=O) groups is 4. The van der Waals surface area contributed by atoms with E-state index in [0.29, 0.717) is 47.8 Å². The lowest BCUT2D eigenvalue weighted by molar-refractivity contribution is -0.139. The van der Waals surface area contributed by atoms with E-state index < -0.39 is 11.1 Å². The van der Waals surface area contributed by atoms with Crippen LogP contribution in [0.15, 0.2) is 57.9 Å². The van der Waals surface area contributed by atoms with Gasteiger partial charge in [0.2, 0.25) is 5.91 Å². The van der Waals surface area contributed by atoms with E-state index in [0.717, 1.165) is 16.7 Å². The first-order valence-corrected chi connectivity index (χ1v) is 12.4. The largest absolute Gasteiger partial charge is 0.483 e. The van der Waals surface area contributed by atoms with Gasteiger partial charge in [-0.15, -0.1) is 0 Å². The van der Waals surface area contributed by atoms with Crippen LogP contribution < -0.4 is 10.1 Å². The Morgan fingerprint density at radius 3 is 2.57 bits per heavy atom. The maximum absolute atomic E-state index is 12.8. The van der Waals surface area contributed by atoms with Crippen molar-refractivity contribution in [1.82, 2.24) is 9.80 Å². The van der Waals surface area contributed by atoms with Crippen LogP contribution in [0.4, 0.5) is 10.5 Å². The number of nitrogens with zero attached hydrogens (tertiary/aromatic N) is 2. The molecule has 2 aliphatic heterocycles. The summed E-state index contributed by atoms with van der Waals surface area (Å²) in [7, 11) is 0. The third-order valence-corrected chi connectivity index (χ3v) is 6.73. The monoisotopic (exact) mass is 559 g/mol. The number of carbonyl (C=O) groups excluding carboxylic acids is 4. The molecule has 0 aromatic heterocycles. The minimum atomic E-state index is -0.504. The van der Waals surface area contributed by atoms with Gasteiger partial charge in [-0.05, 0) is 63.6 Å². The SMILES string of the molecule is O=C(COc1ccc(/C=C2\SC(=O)N(CC(=O)N3CCOCC3)C2=O)cc1Br)Nc1ccccc1. The molecule has 1 N–H and O–H groups in total. The molecule has 0 spiro atoms. The molecular weight excluding hydrogens is 538 g/mol. The molecule has 2 fully saturated rings. The third-order valence-electron chi connectivity index (χ3n) is 5.20. The molecule has 35 heavy (non-hydrogen) atoms. The van der Waals surface area contributed by atoms with Crippen molar-refractivity contribution in [2.24, 2.45) is 0 Å². The van der Waals surface area contributed by atoms with Crippen molar-refractivity contribution in [3.05, 3.63) is 63.5 Å².